The van der Waals surface area contributed by atoms with E-state index in [1.54, 1.807) is 0 Å². The summed E-state index contributed by atoms with van der Waals surface area (Å²) in [5, 5.41) is 8.69. The van der Waals surface area contributed by atoms with Gasteiger partial charge in [0.15, 0.2) is 11.3 Å². The lowest BCUT2D eigenvalue weighted by molar-refractivity contribution is 0.0462. The average Bonchev–Trinajstić information content (AvgIpc) is 3.43. The topological polar surface area (TPSA) is 84.7 Å². The number of rotatable bonds is 6. The first kappa shape index (κ1) is 27.5. The number of nitrogens with zero attached hydrogens (tertiary/aromatic N) is 5. The summed E-state index contributed by atoms with van der Waals surface area (Å²) >= 11 is 0. The van der Waals surface area contributed by atoms with Crippen molar-refractivity contribution in [3.05, 3.63) is 84.2 Å². The van der Waals surface area contributed by atoms with Crippen molar-refractivity contribution in [3.63, 3.8) is 0 Å². The van der Waals surface area contributed by atoms with E-state index < -0.39 is 0 Å². The summed E-state index contributed by atoms with van der Waals surface area (Å²) in [6.07, 6.45) is 9.20. The number of alkyl carbamates (subject to hydrolysis) is 1. The number of piperidine rings is 1. The first-order valence-electron chi connectivity index (χ1n) is 15.6. The maximum Gasteiger partial charge on any atom is 0.407 e. The zero-order chi connectivity index (χ0) is 29.2. The number of fused-ring (bicyclic) bond motifs is 3. The van der Waals surface area contributed by atoms with Crippen molar-refractivity contribution in [2.45, 2.75) is 70.6 Å². The minimum atomic E-state index is -0.238. The normalized spacial score (nSPS) is 17.0. The van der Waals surface area contributed by atoms with Crippen molar-refractivity contribution >= 4 is 22.8 Å². The Balaban J connectivity index is 1.05. The first-order chi connectivity index (χ1) is 21.1. The molecule has 1 saturated carbocycles. The lowest BCUT2D eigenvalue weighted by Crippen LogP contribution is -2.42. The van der Waals surface area contributed by atoms with Crippen molar-refractivity contribution < 1.29 is 9.53 Å². The van der Waals surface area contributed by atoms with E-state index in [-0.39, 0.29) is 18.2 Å². The number of hydrogen-bond acceptors (Lipinski definition) is 6. The number of amides is 1. The van der Waals surface area contributed by atoms with Gasteiger partial charge in [0, 0.05) is 54.5 Å². The smallest absolute Gasteiger partial charge is 0.407 e. The van der Waals surface area contributed by atoms with Crippen molar-refractivity contribution in [1.82, 2.24) is 29.8 Å². The molecule has 43 heavy (non-hydrogen) atoms. The van der Waals surface area contributed by atoms with Crippen LogP contribution in [0.15, 0.2) is 72.9 Å². The van der Waals surface area contributed by atoms with Crippen LogP contribution in [0.2, 0.25) is 0 Å². The number of aryl methyl sites for hydroxylation is 1. The maximum absolute atomic E-state index is 12.4. The number of benzene rings is 2. The molecule has 0 spiro atoms. The van der Waals surface area contributed by atoms with Gasteiger partial charge in [0.2, 0.25) is 0 Å². The summed E-state index contributed by atoms with van der Waals surface area (Å²) in [6, 6.07) is 23.6. The summed E-state index contributed by atoms with van der Waals surface area (Å²) in [5.41, 5.74) is 7.95. The van der Waals surface area contributed by atoms with E-state index >= 15 is 0 Å². The fourth-order valence-electron chi connectivity index (χ4n) is 6.52. The van der Waals surface area contributed by atoms with Crippen LogP contribution in [0.25, 0.3) is 39.1 Å². The van der Waals surface area contributed by atoms with E-state index in [0.29, 0.717) is 0 Å². The lowest BCUT2D eigenvalue weighted by Gasteiger charge is -2.32. The summed E-state index contributed by atoms with van der Waals surface area (Å²) in [6.45, 7) is 4.68. The quantitative estimate of drug-likeness (QED) is 0.236. The van der Waals surface area contributed by atoms with Gasteiger partial charge in [0.25, 0.3) is 0 Å². The molecule has 1 N–H and O–H groups in total. The van der Waals surface area contributed by atoms with Crippen LogP contribution in [0, 0.1) is 6.92 Å². The molecule has 0 bridgehead atoms. The second-order valence-corrected chi connectivity index (χ2v) is 12.0. The first-order valence-corrected chi connectivity index (χ1v) is 15.6. The third-order valence-corrected chi connectivity index (χ3v) is 8.83. The molecule has 8 nitrogen and oxygen atoms in total. The van der Waals surface area contributed by atoms with E-state index in [1.807, 2.05) is 29.8 Å². The van der Waals surface area contributed by atoms with Gasteiger partial charge in [-0.3, -0.25) is 4.90 Å². The van der Waals surface area contributed by atoms with Crippen molar-refractivity contribution in [2.75, 3.05) is 13.1 Å². The van der Waals surface area contributed by atoms with Gasteiger partial charge in [-0.25, -0.2) is 14.8 Å². The number of pyridine rings is 1. The number of aromatic nitrogens is 4. The predicted octanol–water partition coefficient (Wildman–Crippen LogP) is 6.94. The Morgan fingerprint density at radius 1 is 0.930 bits per heavy atom. The molecule has 0 atom stereocenters. The number of likely N-dealkylation sites (tertiary alicyclic amines) is 1. The van der Waals surface area contributed by atoms with Crippen LogP contribution < -0.4 is 5.32 Å². The van der Waals surface area contributed by atoms with Gasteiger partial charge >= 0.3 is 6.09 Å². The van der Waals surface area contributed by atoms with Crippen molar-refractivity contribution in [2.24, 2.45) is 0 Å². The van der Waals surface area contributed by atoms with Gasteiger partial charge in [-0.2, -0.15) is 9.61 Å². The van der Waals surface area contributed by atoms with Crippen LogP contribution in [-0.4, -0.2) is 55.8 Å². The minimum Gasteiger partial charge on any atom is -0.446 e. The monoisotopic (exact) mass is 574 g/mol. The van der Waals surface area contributed by atoms with E-state index in [2.05, 4.69) is 74.9 Å². The molecule has 220 valence electrons. The molecule has 2 aliphatic rings. The number of ether oxygens (including phenoxy) is 1. The van der Waals surface area contributed by atoms with E-state index in [9.17, 15) is 4.79 Å². The molecule has 1 aliphatic carbocycles. The number of carbonyl (C=O) groups is 1. The number of hydrogen-bond donors (Lipinski definition) is 1. The standard InChI is InChI=1S/C35H38N6O2/c1-24-20-32-36-22-28-21-31(26-8-4-2-5-9-26)33(38-34(28)41(32)39-24)27-14-12-25(13-15-27)23-40-18-16-30(17-19-40)43-35(42)37-29-10-6-3-7-11-29/h2,4-5,8-9,12-15,20-22,29-30H,3,6-7,10-11,16-19,23H2,1H3,(H,37,42). The molecular formula is C35H38N6O2. The zero-order valence-electron chi connectivity index (χ0n) is 24.7. The number of nitrogens with one attached hydrogen (secondary N) is 1. The molecule has 0 unspecified atom stereocenters. The highest BCUT2D eigenvalue weighted by molar-refractivity contribution is 5.90. The molecule has 2 fully saturated rings. The highest BCUT2D eigenvalue weighted by Gasteiger charge is 2.24. The molecular weight excluding hydrogens is 536 g/mol. The third kappa shape index (κ3) is 6.11. The third-order valence-electron chi connectivity index (χ3n) is 8.83. The highest BCUT2D eigenvalue weighted by atomic mass is 16.6. The molecule has 4 heterocycles. The van der Waals surface area contributed by atoms with Crippen LogP contribution in [0.3, 0.4) is 0 Å². The van der Waals surface area contributed by atoms with Crippen LogP contribution in [0.5, 0.6) is 0 Å². The van der Waals surface area contributed by atoms with Gasteiger partial charge in [-0.05, 0) is 49.8 Å². The molecule has 2 aromatic carbocycles. The summed E-state index contributed by atoms with van der Waals surface area (Å²) in [7, 11) is 0. The predicted molar refractivity (Wildman–Crippen MR) is 169 cm³/mol. The fraction of sp³-hybridized carbons (Fsp3) is 0.371. The van der Waals surface area contributed by atoms with E-state index in [0.717, 1.165) is 90.1 Å². The minimum absolute atomic E-state index is 0.00200. The molecule has 1 amide bonds. The molecule has 1 saturated heterocycles. The summed E-state index contributed by atoms with van der Waals surface area (Å²) < 4.78 is 7.61. The van der Waals surface area contributed by atoms with Gasteiger partial charge in [0.05, 0.1) is 11.4 Å². The maximum atomic E-state index is 12.4. The Hall–Kier alpha value is -4.30. The summed E-state index contributed by atoms with van der Waals surface area (Å²) in [4.78, 5) is 24.6. The average molecular weight is 575 g/mol. The molecule has 1 aliphatic heterocycles. The SMILES string of the molecule is Cc1cc2ncc3cc(-c4ccccc4)c(-c4ccc(CN5CCC(OC(=O)NC6CCCCC6)CC5)cc4)nc3n2n1. The molecule has 3 aromatic heterocycles. The van der Waals surface area contributed by atoms with Crippen LogP contribution in [0.4, 0.5) is 4.79 Å². The van der Waals surface area contributed by atoms with Crippen molar-refractivity contribution in [3.8, 4) is 22.4 Å². The number of carbonyl (C=O) groups excluding carboxylic acids is 1. The second-order valence-electron chi connectivity index (χ2n) is 12.0. The molecule has 0 radical (unpaired) electrons. The Kier molecular flexibility index (Phi) is 7.77. The largest absolute Gasteiger partial charge is 0.446 e. The van der Waals surface area contributed by atoms with E-state index in [1.165, 1.54) is 24.8 Å². The second kappa shape index (κ2) is 12.1. The Bertz CT molecular complexity index is 1720. The van der Waals surface area contributed by atoms with E-state index in [4.69, 9.17) is 9.72 Å². The highest BCUT2D eigenvalue weighted by Crippen LogP contribution is 2.34. The van der Waals surface area contributed by atoms with Crippen LogP contribution >= 0.6 is 0 Å². The molecule has 5 aromatic rings. The van der Waals surface area contributed by atoms with Gasteiger partial charge < -0.3 is 10.1 Å². The van der Waals surface area contributed by atoms with Gasteiger partial charge in [0.1, 0.15) is 6.10 Å². The zero-order valence-corrected chi connectivity index (χ0v) is 24.7. The molecule has 7 rings (SSSR count). The fourth-order valence-corrected chi connectivity index (χ4v) is 6.52. The Morgan fingerprint density at radius 3 is 2.47 bits per heavy atom. The van der Waals surface area contributed by atoms with Gasteiger partial charge in [-0.15, -0.1) is 0 Å². The molecule has 8 heteroatoms. The van der Waals surface area contributed by atoms with Gasteiger partial charge in [-0.1, -0.05) is 73.9 Å². The Morgan fingerprint density at radius 2 is 1.70 bits per heavy atom. The van der Waals surface area contributed by atoms with Crippen LogP contribution in [-0.2, 0) is 11.3 Å². The Labute approximate surface area is 252 Å². The lowest BCUT2D eigenvalue weighted by atomic mass is 9.96. The van der Waals surface area contributed by atoms with Crippen molar-refractivity contribution in [1.29, 1.82) is 0 Å². The summed E-state index contributed by atoms with van der Waals surface area (Å²) in [5.74, 6) is 0. The van der Waals surface area contributed by atoms with Crippen LogP contribution in [0.1, 0.15) is 56.2 Å².